The Labute approximate surface area is 80.0 Å². The summed E-state index contributed by atoms with van der Waals surface area (Å²) in [7, 11) is 0. The molecule has 1 rings (SSSR count). The molecule has 0 aliphatic rings. The van der Waals surface area contributed by atoms with Gasteiger partial charge in [-0.2, -0.15) is 10.5 Å². The highest BCUT2D eigenvalue weighted by atomic mass is 19.1. The first kappa shape index (κ1) is 9.88. The average Bonchev–Trinajstić information content (AvgIpc) is 2.20. The molecule has 1 aromatic rings. The number of nitrogens with zero attached hydrogens (tertiary/aromatic N) is 2. The molecule has 0 aromatic heterocycles. The van der Waals surface area contributed by atoms with E-state index in [-0.39, 0.29) is 23.1 Å². The monoisotopic (exact) mass is 188 g/mol. The van der Waals surface area contributed by atoms with Crippen LogP contribution in [-0.4, -0.2) is 6.29 Å². The zero-order valence-corrected chi connectivity index (χ0v) is 7.12. The van der Waals surface area contributed by atoms with E-state index in [0.717, 1.165) is 6.07 Å². The third-order valence-electron chi connectivity index (χ3n) is 1.74. The quantitative estimate of drug-likeness (QED) is 0.661. The summed E-state index contributed by atoms with van der Waals surface area (Å²) >= 11 is 0. The minimum Gasteiger partial charge on any atom is -0.298 e. The van der Waals surface area contributed by atoms with Gasteiger partial charge < -0.3 is 0 Å². The summed E-state index contributed by atoms with van der Waals surface area (Å²) in [6.45, 7) is 0. The summed E-state index contributed by atoms with van der Waals surface area (Å²) in [4.78, 5) is 10.5. The number of rotatable bonds is 2. The van der Waals surface area contributed by atoms with Crippen LogP contribution in [0.5, 0.6) is 0 Å². The fourth-order valence-corrected chi connectivity index (χ4v) is 1.05. The molecule has 1 aromatic carbocycles. The fraction of sp³-hybridized carbons (Fsp3) is 0.100. The van der Waals surface area contributed by atoms with Crippen LogP contribution in [0.3, 0.4) is 0 Å². The number of hydrogen-bond donors (Lipinski definition) is 0. The van der Waals surface area contributed by atoms with Gasteiger partial charge >= 0.3 is 0 Å². The summed E-state index contributed by atoms with van der Waals surface area (Å²) in [6.07, 6.45) is 0.358. The van der Waals surface area contributed by atoms with Gasteiger partial charge in [-0.25, -0.2) is 4.39 Å². The maximum absolute atomic E-state index is 13.1. The van der Waals surface area contributed by atoms with Gasteiger partial charge in [0.25, 0.3) is 0 Å². The lowest BCUT2D eigenvalue weighted by Gasteiger charge is -2.00. The lowest BCUT2D eigenvalue weighted by atomic mass is 10.0. The van der Waals surface area contributed by atoms with E-state index in [4.69, 9.17) is 10.5 Å². The molecule has 0 saturated carbocycles. The minimum atomic E-state index is -0.631. The van der Waals surface area contributed by atoms with E-state index in [1.807, 2.05) is 0 Å². The predicted molar refractivity (Wildman–Crippen MR) is 45.8 cm³/mol. The first-order valence-electron chi connectivity index (χ1n) is 3.77. The Hall–Kier alpha value is -2.20. The molecule has 0 atom stereocenters. The van der Waals surface area contributed by atoms with Crippen molar-refractivity contribution in [1.29, 1.82) is 10.5 Å². The van der Waals surface area contributed by atoms with Crippen molar-refractivity contribution in [1.82, 2.24) is 0 Å². The molecule has 3 nitrogen and oxygen atoms in total. The first-order chi connectivity index (χ1) is 6.72. The minimum absolute atomic E-state index is 0.0146. The number of benzene rings is 1. The Morgan fingerprint density at radius 3 is 2.64 bits per heavy atom. The number of aldehydes is 1. The lowest BCUT2D eigenvalue weighted by Crippen LogP contribution is -1.95. The molecule has 0 spiro atoms. The lowest BCUT2D eigenvalue weighted by molar-refractivity contribution is 0.112. The van der Waals surface area contributed by atoms with E-state index in [9.17, 15) is 9.18 Å². The molecule has 4 heteroatoms. The normalized spacial score (nSPS) is 8.79. The Balaban J connectivity index is 3.33. The zero-order chi connectivity index (χ0) is 10.6. The van der Waals surface area contributed by atoms with Crippen molar-refractivity contribution in [3.05, 3.63) is 34.6 Å². The van der Waals surface area contributed by atoms with E-state index in [2.05, 4.69) is 0 Å². The molecular weight excluding hydrogens is 183 g/mol. The van der Waals surface area contributed by atoms with Crippen LogP contribution in [-0.2, 0) is 6.42 Å². The van der Waals surface area contributed by atoms with Gasteiger partial charge in [0.05, 0.1) is 24.1 Å². The van der Waals surface area contributed by atoms with Gasteiger partial charge in [0.1, 0.15) is 5.82 Å². The summed E-state index contributed by atoms with van der Waals surface area (Å²) in [6, 6.07) is 5.67. The largest absolute Gasteiger partial charge is 0.298 e. The highest BCUT2D eigenvalue weighted by Crippen LogP contribution is 2.14. The molecule has 0 bridgehead atoms. The third-order valence-corrected chi connectivity index (χ3v) is 1.74. The van der Waals surface area contributed by atoms with Gasteiger partial charge in [-0.15, -0.1) is 0 Å². The van der Waals surface area contributed by atoms with E-state index in [1.165, 1.54) is 6.07 Å². The molecular formula is C10H5FN2O. The maximum Gasteiger partial charge on any atom is 0.151 e. The van der Waals surface area contributed by atoms with Crippen molar-refractivity contribution in [2.45, 2.75) is 6.42 Å². The summed E-state index contributed by atoms with van der Waals surface area (Å²) in [5.74, 6) is -0.631. The zero-order valence-electron chi connectivity index (χ0n) is 7.12. The van der Waals surface area contributed by atoms with Gasteiger partial charge in [-0.3, -0.25) is 4.79 Å². The molecule has 0 unspecified atom stereocenters. The number of carbonyl (C=O) groups is 1. The standard InChI is InChI=1S/C10H5FN2O/c11-10-4-8(5-13)9(6-14)3-7(10)1-2-12/h3-4,6H,1H2. The molecule has 0 aliphatic carbocycles. The Kier molecular flexibility index (Phi) is 2.93. The van der Waals surface area contributed by atoms with Crippen LogP contribution in [0.15, 0.2) is 12.1 Å². The Morgan fingerprint density at radius 1 is 1.43 bits per heavy atom. The molecule has 0 fully saturated rings. The van der Waals surface area contributed by atoms with Gasteiger partial charge in [-0.05, 0) is 12.1 Å². The van der Waals surface area contributed by atoms with Gasteiger partial charge in [-0.1, -0.05) is 0 Å². The molecule has 0 aliphatic heterocycles. The molecule has 14 heavy (non-hydrogen) atoms. The highest BCUT2D eigenvalue weighted by molar-refractivity contribution is 5.79. The molecule has 0 N–H and O–H groups in total. The van der Waals surface area contributed by atoms with Gasteiger partial charge in [0.2, 0.25) is 0 Å². The van der Waals surface area contributed by atoms with Crippen LogP contribution in [0.4, 0.5) is 4.39 Å². The number of carbonyl (C=O) groups excluding carboxylic acids is 1. The fourth-order valence-electron chi connectivity index (χ4n) is 1.05. The van der Waals surface area contributed by atoms with Crippen molar-refractivity contribution in [3.8, 4) is 12.1 Å². The molecule has 0 radical (unpaired) electrons. The van der Waals surface area contributed by atoms with Crippen molar-refractivity contribution in [2.75, 3.05) is 0 Å². The van der Waals surface area contributed by atoms with Crippen LogP contribution in [0.25, 0.3) is 0 Å². The van der Waals surface area contributed by atoms with E-state index < -0.39 is 5.82 Å². The van der Waals surface area contributed by atoms with Gasteiger partial charge in [0.15, 0.2) is 6.29 Å². The second-order valence-electron chi connectivity index (χ2n) is 2.60. The van der Waals surface area contributed by atoms with Crippen LogP contribution >= 0.6 is 0 Å². The molecule has 0 amide bonds. The Bertz CT molecular complexity index is 454. The second-order valence-corrected chi connectivity index (χ2v) is 2.60. The number of hydrogen-bond acceptors (Lipinski definition) is 3. The van der Waals surface area contributed by atoms with Crippen molar-refractivity contribution < 1.29 is 9.18 Å². The molecule has 0 heterocycles. The summed E-state index contributed by atoms with van der Waals surface area (Å²) in [5.41, 5.74) is 0.229. The number of halogens is 1. The van der Waals surface area contributed by atoms with Crippen molar-refractivity contribution in [3.63, 3.8) is 0 Å². The summed E-state index contributed by atoms with van der Waals surface area (Å²) in [5, 5.41) is 16.9. The topological polar surface area (TPSA) is 64.7 Å². The SMILES string of the molecule is N#CCc1cc(C=O)c(C#N)cc1F. The smallest absolute Gasteiger partial charge is 0.151 e. The first-order valence-corrected chi connectivity index (χ1v) is 3.77. The van der Waals surface area contributed by atoms with E-state index >= 15 is 0 Å². The molecule has 68 valence electrons. The summed E-state index contributed by atoms with van der Waals surface area (Å²) < 4.78 is 13.1. The third kappa shape index (κ3) is 1.75. The van der Waals surface area contributed by atoms with Crippen LogP contribution < -0.4 is 0 Å². The van der Waals surface area contributed by atoms with E-state index in [1.54, 1.807) is 12.1 Å². The van der Waals surface area contributed by atoms with Gasteiger partial charge in [0, 0.05) is 11.1 Å². The van der Waals surface area contributed by atoms with Crippen LogP contribution in [0, 0.1) is 28.5 Å². The highest BCUT2D eigenvalue weighted by Gasteiger charge is 2.08. The maximum atomic E-state index is 13.1. The molecule has 0 saturated heterocycles. The average molecular weight is 188 g/mol. The predicted octanol–water partition coefficient (Wildman–Crippen LogP) is 1.58. The second kappa shape index (κ2) is 4.15. The van der Waals surface area contributed by atoms with Crippen LogP contribution in [0.1, 0.15) is 21.5 Å². The number of nitriles is 2. The van der Waals surface area contributed by atoms with Crippen molar-refractivity contribution in [2.24, 2.45) is 0 Å². The van der Waals surface area contributed by atoms with Crippen molar-refractivity contribution >= 4 is 6.29 Å². The van der Waals surface area contributed by atoms with Crippen LogP contribution in [0.2, 0.25) is 0 Å². The van der Waals surface area contributed by atoms with E-state index in [0.29, 0.717) is 6.29 Å². The Morgan fingerprint density at radius 2 is 2.14 bits per heavy atom.